The fourth-order valence-electron chi connectivity index (χ4n) is 1.67. The molecule has 0 saturated carbocycles. The molecule has 2 aromatic rings. The SMILES string of the molecule is Cc1cnnc(NCCc2ccc([N+](=O)[O-])cc2)c1. The molecule has 0 bridgehead atoms. The van der Waals surface area contributed by atoms with Crippen LogP contribution >= 0.6 is 0 Å². The van der Waals surface area contributed by atoms with E-state index in [9.17, 15) is 10.1 Å². The van der Waals surface area contributed by atoms with Crippen molar-refractivity contribution in [2.24, 2.45) is 0 Å². The van der Waals surface area contributed by atoms with Crippen LogP contribution in [-0.2, 0) is 6.42 Å². The van der Waals surface area contributed by atoms with Gasteiger partial charge < -0.3 is 5.32 Å². The van der Waals surface area contributed by atoms with Gasteiger partial charge in [-0.05, 0) is 30.5 Å². The van der Waals surface area contributed by atoms with Gasteiger partial charge in [-0.3, -0.25) is 10.1 Å². The summed E-state index contributed by atoms with van der Waals surface area (Å²) in [4.78, 5) is 10.1. The molecule has 0 saturated heterocycles. The maximum Gasteiger partial charge on any atom is 0.269 e. The van der Waals surface area contributed by atoms with Gasteiger partial charge >= 0.3 is 0 Å². The minimum absolute atomic E-state index is 0.112. The van der Waals surface area contributed by atoms with Crippen molar-refractivity contribution in [2.75, 3.05) is 11.9 Å². The summed E-state index contributed by atoms with van der Waals surface area (Å²) < 4.78 is 0. The summed E-state index contributed by atoms with van der Waals surface area (Å²) in [5.41, 5.74) is 2.20. The first-order chi connectivity index (χ1) is 9.15. The number of hydrogen-bond acceptors (Lipinski definition) is 5. The number of nitro groups is 1. The highest BCUT2D eigenvalue weighted by Gasteiger charge is 2.03. The molecule has 0 atom stereocenters. The molecule has 0 spiro atoms. The first-order valence-corrected chi connectivity index (χ1v) is 5.92. The van der Waals surface area contributed by atoms with E-state index in [0.29, 0.717) is 6.54 Å². The zero-order valence-corrected chi connectivity index (χ0v) is 10.5. The molecule has 0 amide bonds. The largest absolute Gasteiger partial charge is 0.368 e. The molecule has 1 N–H and O–H groups in total. The third kappa shape index (κ3) is 3.74. The van der Waals surface area contributed by atoms with Crippen LogP contribution in [0.25, 0.3) is 0 Å². The molecule has 0 aliphatic rings. The Morgan fingerprint density at radius 3 is 2.68 bits per heavy atom. The number of rotatable bonds is 5. The number of nitro benzene ring substituents is 1. The first kappa shape index (κ1) is 12.9. The lowest BCUT2D eigenvalue weighted by Gasteiger charge is -2.05. The maximum atomic E-state index is 10.5. The molecule has 0 radical (unpaired) electrons. The van der Waals surface area contributed by atoms with E-state index in [-0.39, 0.29) is 5.69 Å². The van der Waals surface area contributed by atoms with Gasteiger partial charge in [0, 0.05) is 18.7 Å². The van der Waals surface area contributed by atoms with E-state index < -0.39 is 4.92 Å². The van der Waals surface area contributed by atoms with E-state index in [4.69, 9.17) is 0 Å². The fraction of sp³-hybridized carbons (Fsp3) is 0.231. The fourth-order valence-corrected chi connectivity index (χ4v) is 1.67. The van der Waals surface area contributed by atoms with Crippen LogP contribution in [0.4, 0.5) is 11.5 Å². The number of aryl methyl sites for hydroxylation is 1. The average molecular weight is 258 g/mol. The van der Waals surface area contributed by atoms with Crippen LogP contribution in [-0.4, -0.2) is 21.7 Å². The minimum atomic E-state index is -0.398. The molecule has 0 fully saturated rings. The molecule has 2 rings (SSSR count). The summed E-state index contributed by atoms with van der Waals surface area (Å²) in [6.45, 7) is 2.66. The van der Waals surface area contributed by atoms with Crippen molar-refractivity contribution < 1.29 is 4.92 Å². The van der Waals surface area contributed by atoms with Crippen LogP contribution in [0.15, 0.2) is 36.5 Å². The van der Waals surface area contributed by atoms with Crippen molar-refractivity contribution in [3.05, 3.63) is 57.8 Å². The molecule has 1 heterocycles. The van der Waals surface area contributed by atoms with Crippen LogP contribution in [0.3, 0.4) is 0 Å². The van der Waals surface area contributed by atoms with Crippen molar-refractivity contribution in [3.63, 3.8) is 0 Å². The molecular weight excluding hydrogens is 244 g/mol. The molecule has 98 valence electrons. The highest BCUT2D eigenvalue weighted by molar-refractivity contribution is 5.36. The normalized spacial score (nSPS) is 10.2. The number of nitrogens with one attached hydrogen (secondary N) is 1. The van der Waals surface area contributed by atoms with E-state index in [1.165, 1.54) is 12.1 Å². The third-order valence-corrected chi connectivity index (χ3v) is 2.66. The van der Waals surface area contributed by atoms with Gasteiger partial charge in [0.1, 0.15) is 5.82 Å². The summed E-state index contributed by atoms with van der Waals surface area (Å²) in [5.74, 6) is 0.738. The Morgan fingerprint density at radius 2 is 2.05 bits per heavy atom. The minimum Gasteiger partial charge on any atom is -0.368 e. The quantitative estimate of drug-likeness (QED) is 0.657. The Bertz CT molecular complexity index is 569. The lowest BCUT2D eigenvalue weighted by molar-refractivity contribution is -0.384. The highest BCUT2D eigenvalue weighted by atomic mass is 16.6. The Morgan fingerprint density at radius 1 is 1.32 bits per heavy atom. The standard InChI is InChI=1S/C13H14N4O2/c1-10-8-13(16-15-9-10)14-7-6-11-2-4-12(5-3-11)17(18)19/h2-5,8-9H,6-7H2,1H3,(H,14,16). The number of aromatic nitrogens is 2. The average Bonchev–Trinajstić information content (AvgIpc) is 2.39. The molecule has 0 aliphatic heterocycles. The van der Waals surface area contributed by atoms with E-state index >= 15 is 0 Å². The summed E-state index contributed by atoms with van der Waals surface area (Å²) >= 11 is 0. The highest BCUT2D eigenvalue weighted by Crippen LogP contribution is 2.12. The maximum absolute atomic E-state index is 10.5. The van der Waals surface area contributed by atoms with Gasteiger partial charge in [-0.15, -0.1) is 5.10 Å². The van der Waals surface area contributed by atoms with Gasteiger partial charge in [0.2, 0.25) is 0 Å². The molecular formula is C13H14N4O2. The molecule has 0 unspecified atom stereocenters. The van der Waals surface area contributed by atoms with Crippen molar-refractivity contribution in [1.82, 2.24) is 10.2 Å². The number of anilines is 1. The van der Waals surface area contributed by atoms with Gasteiger partial charge in [-0.25, -0.2) is 0 Å². The van der Waals surface area contributed by atoms with Crippen molar-refractivity contribution >= 4 is 11.5 Å². The van der Waals surface area contributed by atoms with E-state index in [1.54, 1.807) is 18.3 Å². The molecule has 6 nitrogen and oxygen atoms in total. The summed E-state index contributed by atoms with van der Waals surface area (Å²) in [5, 5.41) is 21.5. The lowest BCUT2D eigenvalue weighted by Crippen LogP contribution is -2.07. The van der Waals surface area contributed by atoms with Crippen LogP contribution < -0.4 is 5.32 Å². The van der Waals surface area contributed by atoms with Gasteiger partial charge in [0.25, 0.3) is 5.69 Å². The molecule has 6 heteroatoms. The van der Waals surface area contributed by atoms with Crippen molar-refractivity contribution in [3.8, 4) is 0 Å². The smallest absolute Gasteiger partial charge is 0.269 e. The second-order valence-electron chi connectivity index (χ2n) is 4.22. The number of hydrogen-bond donors (Lipinski definition) is 1. The molecule has 1 aromatic carbocycles. The van der Waals surface area contributed by atoms with E-state index in [2.05, 4.69) is 15.5 Å². The first-order valence-electron chi connectivity index (χ1n) is 5.92. The molecule has 19 heavy (non-hydrogen) atoms. The predicted molar refractivity (Wildman–Crippen MR) is 72.1 cm³/mol. The van der Waals surface area contributed by atoms with Crippen LogP contribution in [0.1, 0.15) is 11.1 Å². The number of non-ortho nitro benzene ring substituents is 1. The topological polar surface area (TPSA) is 81.0 Å². The van der Waals surface area contributed by atoms with Gasteiger partial charge in [0.15, 0.2) is 0 Å². The Labute approximate surface area is 110 Å². The van der Waals surface area contributed by atoms with Gasteiger partial charge in [-0.1, -0.05) is 12.1 Å². The van der Waals surface area contributed by atoms with Crippen LogP contribution in [0, 0.1) is 17.0 Å². The second kappa shape index (κ2) is 5.90. The zero-order chi connectivity index (χ0) is 13.7. The molecule has 0 aliphatic carbocycles. The summed E-state index contributed by atoms with van der Waals surface area (Å²) in [6, 6.07) is 8.48. The Balaban J connectivity index is 1.87. The Hall–Kier alpha value is -2.50. The Kier molecular flexibility index (Phi) is 4.02. The summed E-state index contributed by atoms with van der Waals surface area (Å²) in [7, 11) is 0. The van der Waals surface area contributed by atoms with E-state index in [1.807, 2.05) is 13.0 Å². The summed E-state index contributed by atoms with van der Waals surface area (Å²) in [6.07, 6.45) is 2.47. The van der Waals surface area contributed by atoms with Crippen LogP contribution in [0.2, 0.25) is 0 Å². The molecule has 1 aromatic heterocycles. The lowest BCUT2D eigenvalue weighted by atomic mass is 10.1. The van der Waals surface area contributed by atoms with Gasteiger partial charge in [-0.2, -0.15) is 5.10 Å². The van der Waals surface area contributed by atoms with E-state index in [0.717, 1.165) is 23.4 Å². The van der Waals surface area contributed by atoms with Crippen LogP contribution in [0.5, 0.6) is 0 Å². The second-order valence-corrected chi connectivity index (χ2v) is 4.22. The number of benzene rings is 1. The monoisotopic (exact) mass is 258 g/mol. The predicted octanol–water partition coefficient (Wildman–Crippen LogP) is 2.35. The van der Waals surface area contributed by atoms with Gasteiger partial charge in [0.05, 0.1) is 11.1 Å². The van der Waals surface area contributed by atoms with Crippen molar-refractivity contribution in [1.29, 1.82) is 0 Å². The third-order valence-electron chi connectivity index (χ3n) is 2.66. The number of nitrogens with zero attached hydrogens (tertiary/aromatic N) is 3. The zero-order valence-electron chi connectivity index (χ0n) is 10.5. The van der Waals surface area contributed by atoms with Crippen molar-refractivity contribution in [2.45, 2.75) is 13.3 Å².